The minimum atomic E-state index is -2.50. The summed E-state index contributed by atoms with van der Waals surface area (Å²) < 4.78 is 28.9. The summed E-state index contributed by atoms with van der Waals surface area (Å²) in [6.07, 6.45) is -0.194. The van der Waals surface area contributed by atoms with Crippen LogP contribution in [0.4, 0.5) is 8.78 Å². The van der Waals surface area contributed by atoms with Crippen molar-refractivity contribution in [1.29, 1.82) is 0 Å². The maximum absolute atomic E-state index is 11.9. The molecule has 18 heavy (non-hydrogen) atoms. The summed E-state index contributed by atoms with van der Waals surface area (Å²) in [5.74, 6) is -3.87. The number of carboxylic acids is 1. The van der Waals surface area contributed by atoms with Gasteiger partial charge in [-0.1, -0.05) is 11.8 Å². The van der Waals surface area contributed by atoms with E-state index in [1.165, 1.54) is 12.1 Å². The normalized spacial score (nSPS) is 10.6. The summed E-state index contributed by atoms with van der Waals surface area (Å²) in [5.41, 5.74) is 0. The molecule has 1 amide bonds. The molecular weight excluding hydrogens is 268 g/mol. The van der Waals surface area contributed by atoms with Crippen molar-refractivity contribution in [2.45, 2.75) is 17.9 Å². The van der Waals surface area contributed by atoms with E-state index in [0.717, 1.165) is 0 Å². The molecule has 100 valence electrons. The van der Waals surface area contributed by atoms with Crippen molar-refractivity contribution in [2.75, 3.05) is 6.54 Å². The third-order valence-electron chi connectivity index (χ3n) is 1.86. The van der Waals surface area contributed by atoms with Crippen LogP contribution in [0.25, 0.3) is 0 Å². The molecule has 0 radical (unpaired) electrons. The second-order valence-electron chi connectivity index (χ2n) is 3.24. The van der Waals surface area contributed by atoms with Gasteiger partial charge in [0, 0.05) is 6.54 Å². The van der Waals surface area contributed by atoms with E-state index in [9.17, 15) is 18.4 Å². The van der Waals surface area contributed by atoms with Gasteiger partial charge in [-0.05, 0) is 12.1 Å². The van der Waals surface area contributed by atoms with E-state index < -0.39 is 17.6 Å². The van der Waals surface area contributed by atoms with Crippen LogP contribution in [0.15, 0.2) is 16.5 Å². The summed E-state index contributed by atoms with van der Waals surface area (Å²) in [4.78, 5) is 21.6. The van der Waals surface area contributed by atoms with Gasteiger partial charge in [0.2, 0.25) is 0 Å². The quantitative estimate of drug-likeness (QED) is 0.797. The SMILES string of the molecule is O=C(O)CCNC(=O)c1ccc(CSC(F)F)o1. The Morgan fingerprint density at radius 2 is 2.17 bits per heavy atom. The highest BCUT2D eigenvalue weighted by molar-refractivity contribution is 7.98. The van der Waals surface area contributed by atoms with E-state index in [4.69, 9.17) is 9.52 Å². The van der Waals surface area contributed by atoms with Crippen LogP contribution in [0.1, 0.15) is 22.7 Å². The van der Waals surface area contributed by atoms with Gasteiger partial charge >= 0.3 is 5.97 Å². The number of hydrogen-bond acceptors (Lipinski definition) is 4. The fourth-order valence-electron chi connectivity index (χ4n) is 1.09. The summed E-state index contributed by atoms with van der Waals surface area (Å²) >= 11 is 0.395. The molecule has 1 aromatic heterocycles. The largest absolute Gasteiger partial charge is 0.481 e. The van der Waals surface area contributed by atoms with E-state index >= 15 is 0 Å². The molecule has 0 aliphatic carbocycles. The van der Waals surface area contributed by atoms with Crippen molar-refractivity contribution in [1.82, 2.24) is 5.32 Å². The van der Waals surface area contributed by atoms with E-state index in [2.05, 4.69) is 5.32 Å². The van der Waals surface area contributed by atoms with Gasteiger partial charge < -0.3 is 14.8 Å². The third-order valence-corrected chi connectivity index (χ3v) is 2.56. The zero-order valence-corrected chi connectivity index (χ0v) is 10.0. The first-order valence-electron chi connectivity index (χ1n) is 4.97. The van der Waals surface area contributed by atoms with Crippen LogP contribution in [0.3, 0.4) is 0 Å². The summed E-state index contributed by atoms with van der Waals surface area (Å²) in [6.45, 7) is -0.0179. The van der Waals surface area contributed by atoms with Crippen LogP contribution in [0.2, 0.25) is 0 Å². The van der Waals surface area contributed by atoms with E-state index in [1.54, 1.807) is 0 Å². The van der Waals surface area contributed by atoms with Gasteiger partial charge in [-0.15, -0.1) is 0 Å². The molecule has 0 aliphatic rings. The fourth-order valence-corrected chi connectivity index (χ4v) is 1.54. The summed E-state index contributed by atoms with van der Waals surface area (Å²) in [5, 5.41) is 10.7. The lowest BCUT2D eigenvalue weighted by molar-refractivity contribution is -0.136. The third kappa shape index (κ3) is 5.17. The average Bonchev–Trinajstić information content (AvgIpc) is 2.74. The Kier molecular flexibility index (Phi) is 5.63. The Hall–Kier alpha value is -1.57. The second-order valence-corrected chi connectivity index (χ2v) is 4.22. The molecule has 0 saturated carbocycles. The maximum atomic E-state index is 11.9. The molecule has 5 nitrogen and oxygen atoms in total. The van der Waals surface area contributed by atoms with Gasteiger partial charge in [-0.2, -0.15) is 8.78 Å². The van der Waals surface area contributed by atoms with Crippen LogP contribution in [-0.4, -0.2) is 29.3 Å². The van der Waals surface area contributed by atoms with Crippen LogP contribution in [0.5, 0.6) is 0 Å². The summed E-state index contributed by atoms with van der Waals surface area (Å²) in [6, 6.07) is 2.79. The average molecular weight is 279 g/mol. The Morgan fingerprint density at radius 1 is 1.44 bits per heavy atom. The molecule has 0 saturated heterocycles. The molecule has 1 rings (SSSR count). The second kappa shape index (κ2) is 7.00. The van der Waals surface area contributed by atoms with Crippen molar-refractivity contribution in [3.05, 3.63) is 23.7 Å². The lowest BCUT2D eigenvalue weighted by Gasteiger charge is -2.00. The number of halogens is 2. The zero-order valence-electron chi connectivity index (χ0n) is 9.19. The van der Waals surface area contributed by atoms with Crippen LogP contribution < -0.4 is 5.32 Å². The van der Waals surface area contributed by atoms with Crippen molar-refractivity contribution >= 4 is 23.6 Å². The molecule has 0 aliphatic heterocycles. The monoisotopic (exact) mass is 279 g/mol. The number of rotatable bonds is 7. The minimum Gasteiger partial charge on any atom is -0.481 e. The molecule has 1 heterocycles. The molecule has 2 N–H and O–H groups in total. The standard InChI is InChI=1S/C10H11F2NO4S/c11-10(12)18-5-6-1-2-7(17-6)9(16)13-4-3-8(14)15/h1-2,10H,3-5H2,(H,13,16)(H,14,15). The molecular formula is C10H11F2NO4S. The van der Waals surface area contributed by atoms with Gasteiger partial charge in [0.15, 0.2) is 5.76 Å². The highest BCUT2D eigenvalue weighted by Gasteiger charge is 2.12. The van der Waals surface area contributed by atoms with Crippen molar-refractivity contribution in [2.24, 2.45) is 0 Å². The smallest absolute Gasteiger partial charge is 0.305 e. The predicted molar refractivity (Wildman–Crippen MR) is 60.6 cm³/mol. The molecule has 0 atom stereocenters. The lowest BCUT2D eigenvalue weighted by Crippen LogP contribution is -2.25. The molecule has 0 unspecified atom stereocenters. The number of carboxylic acid groups (broad SMARTS) is 1. The number of carbonyl (C=O) groups excluding carboxylic acids is 1. The highest BCUT2D eigenvalue weighted by Crippen LogP contribution is 2.21. The number of thioether (sulfide) groups is 1. The Bertz CT molecular complexity index is 422. The number of hydrogen-bond donors (Lipinski definition) is 2. The number of aliphatic carboxylic acids is 1. The number of alkyl halides is 2. The van der Waals surface area contributed by atoms with Crippen LogP contribution >= 0.6 is 11.8 Å². The topological polar surface area (TPSA) is 79.5 Å². The summed E-state index contributed by atoms with van der Waals surface area (Å²) in [7, 11) is 0. The maximum Gasteiger partial charge on any atom is 0.305 e. The van der Waals surface area contributed by atoms with E-state index in [-0.39, 0.29) is 30.2 Å². The first-order chi connectivity index (χ1) is 8.49. The number of carbonyl (C=O) groups is 2. The highest BCUT2D eigenvalue weighted by atomic mass is 32.2. The molecule has 0 bridgehead atoms. The van der Waals surface area contributed by atoms with E-state index in [1.807, 2.05) is 0 Å². The lowest BCUT2D eigenvalue weighted by atomic mass is 10.4. The van der Waals surface area contributed by atoms with Crippen molar-refractivity contribution in [3.63, 3.8) is 0 Å². The van der Waals surface area contributed by atoms with Gasteiger partial charge in [0.05, 0.1) is 12.2 Å². The Morgan fingerprint density at radius 3 is 2.78 bits per heavy atom. The fraction of sp³-hybridized carbons (Fsp3) is 0.400. The van der Waals surface area contributed by atoms with Crippen LogP contribution in [0, 0.1) is 0 Å². The van der Waals surface area contributed by atoms with Gasteiger partial charge in [-0.3, -0.25) is 9.59 Å². The number of nitrogens with one attached hydrogen (secondary N) is 1. The van der Waals surface area contributed by atoms with Crippen LogP contribution in [-0.2, 0) is 10.5 Å². The van der Waals surface area contributed by atoms with Gasteiger partial charge in [-0.25, -0.2) is 0 Å². The molecule has 0 fully saturated rings. The minimum absolute atomic E-state index is 0.0179. The van der Waals surface area contributed by atoms with Gasteiger partial charge in [0.25, 0.3) is 11.7 Å². The van der Waals surface area contributed by atoms with Crippen molar-refractivity contribution < 1.29 is 27.9 Å². The Balaban J connectivity index is 2.41. The zero-order chi connectivity index (χ0) is 13.5. The molecule has 8 heteroatoms. The van der Waals surface area contributed by atoms with Gasteiger partial charge in [0.1, 0.15) is 5.76 Å². The molecule has 1 aromatic rings. The molecule has 0 aromatic carbocycles. The van der Waals surface area contributed by atoms with Crippen molar-refractivity contribution in [3.8, 4) is 0 Å². The first kappa shape index (κ1) is 14.5. The first-order valence-corrected chi connectivity index (χ1v) is 6.02. The predicted octanol–water partition coefficient (Wildman–Crippen LogP) is 1.94. The molecule has 0 spiro atoms. The number of amides is 1. The Labute approximate surface area is 106 Å². The number of furan rings is 1. The van der Waals surface area contributed by atoms with E-state index in [0.29, 0.717) is 11.8 Å².